The van der Waals surface area contributed by atoms with Gasteiger partial charge in [0.15, 0.2) is 0 Å². The van der Waals surface area contributed by atoms with Crippen LogP contribution in [0.2, 0.25) is 0 Å². The monoisotopic (exact) mass is 185 g/mol. The number of nitrogens with one attached hydrogen (secondary N) is 3. The molecule has 0 radical (unpaired) electrons. The Kier molecular flexibility index (Phi) is 4.18. The Labute approximate surface area is 79.5 Å². The lowest BCUT2D eigenvalue weighted by Crippen LogP contribution is -2.48. The molecule has 1 rings (SSSR count). The van der Waals surface area contributed by atoms with Gasteiger partial charge in [-0.3, -0.25) is 4.79 Å². The highest BCUT2D eigenvalue weighted by Gasteiger charge is 2.20. The van der Waals surface area contributed by atoms with Gasteiger partial charge in [-0.15, -0.1) is 0 Å². The molecule has 76 valence electrons. The molecule has 4 nitrogen and oxygen atoms in total. The molecule has 3 N–H and O–H groups in total. The van der Waals surface area contributed by atoms with Crippen molar-refractivity contribution in [3.8, 4) is 0 Å². The van der Waals surface area contributed by atoms with E-state index in [4.69, 9.17) is 0 Å². The van der Waals surface area contributed by atoms with Gasteiger partial charge in [0.1, 0.15) is 0 Å². The van der Waals surface area contributed by atoms with Crippen molar-refractivity contribution in [1.82, 2.24) is 16.0 Å². The summed E-state index contributed by atoms with van der Waals surface area (Å²) in [4.78, 5) is 11.1. The van der Waals surface area contributed by atoms with Crippen LogP contribution in [0.5, 0.6) is 0 Å². The topological polar surface area (TPSA) is 53.2 Å². The van der Waals surface area contributed by atoms with Gasteiger partial charge in [-0.2, -0.15) is 0 Å². The molecule has 0 aromatic carbocycles. The number of likely N-dealkylation sites (N-methyl/N-ethyl adjacent to an activating group) is 1. The summed E-state index contributed by atoms with van der Waals surface area (Å²) in [6, 6.07) is 0.936. The van der Waals surface area contributed by atoms with Gasteiger partial charge < -0.3 is 16.0 Å². The third-order valence-corrected chi connectivity index (χ3v) is 2.64. The summed E-state index contributed by atoms with van der Waals surface area (Å²) in [6.07, 6.45) is 2.84. The van der Waals surface area contributed by atoms with E-state index in [1.807, 2.05) is 7.05 Å². The van der Waals surface area contributed by atoms with Crippen molar-refractivity contribution in [1.29, 1.82) is 0 Å². The first kappa shape index (κ1) is 10.5. The molecule has 0 bridgehead atoms. The van der Waals surface area contributed by atoms with Crippen LogP contribution in [0.15, 0.2) is 0 Å². The van der Waals surface area contributed by atoms with E-state index in [1.165, 1.54) is 0 Å². The van der Waals surface area contributed by atoms with Crippen LogP contribution in [-0.4, -0.2) is 38.6 Å². The first-order valence-electron chi connectivity index (χ1n) is 4.87. The number of piperidine rings is 1. The average Bonchev–Trinajstić information content (AvgIpc) is 2.19. The first-order valence-corrected chi connectivity index (χ1v) is 4.87. The maximum Gasteiger partial charge on any atom is 0.221 e. The van der Waals surface area contributed by atoms with Crippen LogP contribution in [0.1, 0.15) is 19.3 Å². The molecular formula is C9H19N3O. The van der Waals surface area contributed by atoms with E-state index in [0.29, 0.717) is 18.5 Å². The lowest BCUT2D eigenvalue weighted by Gasteiger charge is -2.29. The minimum atomic E-state index is 0.125. The van der Waals surface area contributed by atoms with Crippen molar-refractivity contribution < 1.29 is 4.79 Å². The van der Waals surface area contributed by atoms with Crippen molar-refractivity contribution in [2.45, 2.75) is 31.3 Å². The van der Waals surface area contributed by atoms with Gasteiger partial charge in [-0.05, 0) is 19.9 Å². The van der Waals surface area contributed by atoms with Crippen LogP contribution < -0.4 is 16.0 Å². The van der Waals surface area contributed by atoms with Crippen LogP contribution >= 0.6 is 0 Å². The molecule has 1 fully saturated rings. The first-order chi connectivity index (χ1) is 6.26. The molecule has 1 aliphatic rings. The second-order valence-electron chi connectivity index (χ2n) is 3.55. The summed E-state index contributed by atoms with van der Waals surface area (Å²) in [6.45, 7) is 0.970. The highest BCUT2D eigenvalue weighted by Crippen LogP contribution is 2.10. The maximum atomic E-state index is 11.1. The fraction of sp³-hybridized carbons (Fsp3) is 0.889. The zero-order valence-corrected chi connectivity index (χ0v) is 8.39. The van der Waals surface area contributed by atoms with Gasteiger partial charge in [0.25, 0.3) is 0 Å². The standard InChI is InChI=1S/C9H19N3O/c1-10-8-4-3-7(12-6-8)5-9(13)11-2/h7-8,10,12H,3-6H2,1-2H3,(H,11,13). The van der Waals surface area contributed by atoms with E-state index >= 15 is 0 Å². The van der Waals surface area contributed by atoms with Crippen molar-refractivity contribution in [3.63, 3.8) is 0 Å². The second kappa shape index (κ2) is 5.19. The second-order valence-corrected chi connectivity index (χ2v) is 3.55. The van der Waals surface area contributed by atoms with Gasteiger partial charge >= 0.3 is 0 Å². The molecule has 1 amide bonds. The summed E-state index contributed by atoms with van der Waals surface area (Å²) >= 11 is 0. The minimum absolute atomic E-state index is 0.125. The highest BCUT2D eigenvalue weighted by molar-refractivity contribution is 5.76. The van der Waals surface area contributed by atoms with E-state index in [9.17, 15) is 4.79 Å². The summed E-state index contributed by atoms with van der Waals surface area (Å²) in [5, 5.41) is 9.23. The smallest absolute Gasteiger partial charge is 0.221 e. The number of carbonyl (C=O) groups excluding carboxylic acids is 1. The molecule has 1 heterocycles. The molecular weight excluding hydrogens is 166 g/mol. The van der Waals surface area contributed by atoms with Crippen LogP contribution in [0.3, 0.4) is 0 Å². The van der Waals surface area contributed by atoms with E-state index in [2.05, 4.69) is 16.0 Å². The minimum Gasteiger partial charge on any atom is -0.359 e. The zero-order chi connectivity index (χ0) is 9.68. The molecule has 0 saturated carbocycles. The Bertz CT molecular complexity index is 164. The van der Waals surface area contributed by atoms with Crippen molar-refractivity contribution in [2.75, 3.05) is 20.6 Å². The molecule has 0 aromatic rings. The fourth-order valence-electron chi connectivity index (χ4n) is 1.66. The molecule has 4 heteroatoms. The lowest BCUT2D eigenvalue weighted by molar-refractivity contribution is -0.121. The van der Waals surface area contributed by atoms with E-state index < -0.39 is 0 Å². The van der Waals surface area contributed by atoms with Gasteiger partial charge in [0.05, 0.1) is 0 Å². The molecule has 1 saturated heterocycles. The Morgan fingerprint density at radius 2 is 2.23 bits per heavy atom. The summed E-state index contributed by atoms with van der Waals surface area (Å²) in [5.74, 6) is 0.125. The number of amides is 1. The van der Waals surface area contributed by atoms with Gasteiger partial charge in [-0.25, -0.2) is 0 Å². The van der Waals surface area contributed by atoms with Crippen LogP contribution in [0.25, 0.3) is 0 Å². The zero-order valence-electron chi connectivity index (χ0n) is 8.39. The summed E-state index contributed by atoms with van der Waals surface area (Å²) in [5.41, 5.74) is 0. The predicted molar refractivity (Wildman–Crippen MR) is 52.6 cm³/mol. The fourth-order valence-corrected chi connectivity index (χ4v) is 1.66. The van der Waals surface area contributed by atoms with E-state index in [1.54, 1.807) is 7.05 Å². The lowest BCUT2D eigenvalue weighted by atomic mass is 9.98. The molecule has 1 aliphatic heterocycles. The Balaban J connectivity index is 2.21. The van der Waals surface area contributed by atoms with Gasteiger partial charge in [0.2, 0.25) is 5.91 Å². The van der Waals surface area contributed by atoms with Crippen LogP contribution in [0.4, 0.5) is 0 Å². The maximum absolute atomic E-state index is 11.1. The number of carbonyl (C=O) groups is 1. The van der Waals surface area contributed by atoms with Gasteiger partial charge in [0, 0.05) is 32.1 Å². The van der Waals surface area contributed by atoms with E-state index in [0.717, 1.165) is 19.4 Å². The Hall–Kier alpha value is -0.610. The van der Waals surface area contributed by atoms with Crippen molar-refractivity contribution >= 4 is 5.91 Å². The van der Waals surface area contributed by atoms with Crippen molar-refractivity contribution in [2.24, 2.45) is 0 Å². The number of hydrogen-bond acceptors (Lipinski definition) is 3. The summed E-state index contributed by atoms with van der Waals surface area (Å²) < 4.78 is 0. The molecule has 2 atom stereocenters. The number of rotatable bonds is 3. The van der Waals surface area contributed by atoms with Gasteiger partial charge in [-0.1, -0.05) is 0 Å². The average molecular weight is 185 g/mol. The molecule has 13 heavy (non-hydrogen) atoms. The molecule has 2 unspecified atom stereocenters. The van der Waals surface area contributed by atoms with Crippen LogP contribution in [0, 0.1) is 0 Å². The molecule has 0 spiro atoms. The quantitative estimate of drug-likeness (QED) is 0.553. The predicted octanol–water partition coefficient (Wildman–Crippen LogP) is -0.537. The molecule has 0 aromatic heterocycles. The largest absolute Gasteiger partial charge is 0.359 e. The third kappa shape index (κ3) is 3.32. The normalized spacial score (nSPS) is 28.5. The third-order valence-electron chi connectivity index (χ3n) is 2.64. The Morgan fingerprint density at radius 1 is 1.46 bits per heavy atom. The summed E-state index contributed by atoms with van der Waals surface area (Å²) in [7, 11) is 3.66. The van der Waals surface area contributed by atoms with Crippen molar-refractivity contribution in [3.05, 3.63) is 0 Å². The van der Waals surface area contributed by atoms with Crippen LogP contribution in [-0.2, 0) is 4.79 Å². The molecule has 0 aliphatic carbocycles. The van der Waals surface area contributed by atoms with E-state index in [-0.39, 0.29) is 5.91 Å². The number of hydrogen-bond donors (Lipinski definition) is 3. The Morgan fingerprint density at radius 3 is 2.69 bits per heavy atom. The SMILES string of the molecule is CNC(=O)CC1CCC(NC)CN1. The highest BCUT2D eigenvalue weighted by atomic mass is 16.1.